The zero-order valence-electron chi connectivity index (χ0n) is 17.0. The summed E-state index contributed by atoms with van der Waals surface area (Å²) in [6, 6.07) is 5.83. The minimum atomic E-state index is -0.283. The molecule has 9 heteroatoms. The summed E-state index contributed by atoms with van der Waals surface area (Å²) >= 11 is 0. The molecule has 1 aliphatic carbocycles. The van der Waals surface area contributed by atoms with Crippen molar-refractivity contribution < 1.29 is 5.11 Å². The maximum absolute atomic E-state index is 13.2. The predicted molar refractivity (Wildman–Crippen MR) is 117 cm³/mol. The Balaban J connectivity index is 1.63. The minimum Gasteiger partial charge on any atom is -0.393 e. The van der Waals surface area contributed by atoms with E-state index in [1.807, 2.05) is 22.8 Å². The lowest BCUT2D eigenvalue weighted by Gasteiger charge is -2.26. The van der Waals surface area contributed by atoms with Crippen LogP contribution in [-0.4, -0.2) is 45.5 Å². The molecule has 5 heterocycles. The first kappa shape index (κ1) is 18.2. The van der Waals surface area contributed by atoms with Gasteiger partial charge in [-0.15, -0.1) is 0 Å². The van der Waals surface area contributed by atoms with Crippen LogP contribution in [0.15, 0.2) is 41.6 Å². The second-order valence-electron chi connectivity index (χ2n) is 8.22. The van der Waals surface area contributed by atoms with E-state index >= 15 is 0 Å². The Morgan fingerprint density at radius 3 is 2.77 bits per heavy atom. The van der Waals surface area contributed by atoms with Gasteiger partial charge in [0.1, 0.15) is 5.52 Å². The van der Waals surface area contributed by atoms with Gasteiger partial charge in [0, 0.05) is 30.2 Å². The smallest absolute Gasteiger partial charge is 0.329 e. The van der Waals surface area contributed by atoms with Gasteiger partial charge in [-0.1, -0.05) is 0 Å². The Labute approximate surface area is 176 Å². The second kappa shape index (κ2) is 6.71. The van der Waals surface area contributed by atoms with Crippen molar-refractivity contribution in [2.24, 2.45) is 7.05 Å². The maximum atomic E-state index is 13.2. The molecule has 156 valence electrons. The average molecular weight is 415 g/mol. The van der Waals surface area contributed by atoms with Crippen molar-refractivity contribution in [1.82, 2.24) is 34.3 Å². The standard InChI is InChI=1S/C22H21N7O2/c1-28-18-11-24-17-7-6-16(14-8-9-23-21-15(14)10-25-27-21)26-19(17)20(18)29(22(28)31)12-2-4-13(30)5-3-12/h6-13,30H,2-5H2,1H3,(H,23,25,27). The van der Waals surface area contributed by atoms with Crippen LogP contribution in [0.4, 0.5) is 0 Å². The van der Waals surface area contributed by atoms with E-state index in [1.54, 1.807) is 30.2 Å². The fourth-order valence-electron chi connectivity index (χ4n) is 4.77. The summed E-state index contributed by atoms with van der Waals surface area (Å²) < 4.78 is 3.50. The Bertz CT molecular complexity index is 1510. The first-order valence-corrected chi connectivity index (χ1v) is 10.4. The molecule has 0 aromatic carbocycles. The molecule has 0 saturated heterocycles. The summed E-state index contributed by atoms with van der Waals surface area (Å²) in [6.07, 6.45) is 7.87. The fraction of sp³-hybridized carbons (Fsp3) is 0.318. The van der Waals surface area contributed by atoms with Crippen LogP contribution in [0, 0.1) is 0 Å². The molecule has 2 N–H and O–H groups in total. The number of aryl methyl sites for hydroxylation is 1. The van der Waals surface area contributed by atoms with E-state index in [0.717, 1.165) is 46.0 Å². The number of pyridine rings is 3. The number of aliphatic hydroxyl groups excluding tert-OH is 1. The molecule has 1 saturated carbocycles. The number of hydrogen-bond acceptors (Lipinski definition) is 6. The molecule has 0 unspecified atom stereocenters. The zero-order chi connectivity index (χ0) is 21.1. The first-order valence-electron chi connectivity index (χ1n) is 10.4. The Hall–Kier alpha value is -3.59. The van der Waals surface area contributed by atoms with Crippen LogP contribution >= 0.6 is 0 Å². The molecule has 0 spiro atoms. The highest BCUT2D eigenvalue weighted by atomic mass is 16.3. The van der Waals surface area contributed by atoms with Gasteiger partial charge in [0.15, 0.2) is 5.65 Å². The fourth-order valence-corrected chi connectivity index (χ4v) is 4.77. The van der Waals surface area contributed by atoms with Gasteiger partial charge in [-0.25, -0.2) is 14.8 Å². The summed E-state index contributed by atoms with van der Waals surface area (Å²) in [5.74, 6) is 0. The van der Waals surface area contributed by atoms with Crippen LogP contribution in [0.5, 0.6) is 0 Å². The van der Waals surface area contributed by atoms with Crippen molar-refractivity contribution in [3.05, 3.63) is 47.3 Å². The molecule has 0 aliphatic heterocycles. The van der Waals surface area contributed by atoms with Gasteiger partial charge in [-0.05, 0) is 43.9 Å². The quantitative estimate of drug-likeness (QED) is 0.458. The van der Waals surface area contributed by atoms with Crippen LogP contribution in [-0.2, 0) is 7.05 Å². The van der Waals surface area contributed by atoms with Crippen molar-refractivity contribution in [3.63, 3.8) is 0 Å². The maximum Gasteiger partial charge on any atom is 0.329 e. The van der Waals surface area contributed by atoms with E-state index in [4.69, 9.17) is 4.98 Å². The zero-order valence-corrected chi connectivity index (χ0v) is 17.0. The number of aromatic nitrogens is 7. The molecule has 1 fully saturated rings. The van der Waals surface area contributed by atoms with Gasteiger partial charge in [0.05, 0.1) is 40.7 Å². The van der Waals surface area contributed by atoms with Crippen LogP contribution < -0.4 is 5.69 Å². The van der Waals surface area contributed by atoms with Crippen LogP contribution in [0.3, 0.4) is 0 Å². The van der Waals surface area contributed by atoms with Crippen molar-refractivity contribution in [2.45, 2.75) is 37.8 Å². The second-order valence-corrected chi connectivity index (χ2v) is 8.22. The third kappa shape index (κ3) is 2.70. The number of nitrogens with zero attached hydrogens (tertiary/aromatic N) is 6. The van der Waals surface area contributed by atoms with Crippen LogP contribution in [0.25, 0.3) is 44.4 Å². The molecule has 5 aromatic rings. The number of rotatable bonds is 2. The van der Waals surface area contributed by atoms with Gasteiger partial charge in [0.25, 0.3) is 0 Å². The number of imidazole rings is 1. The summed E-state index contributed by atoms with van der Waals surface area (Å²) in [5, 5.41) is 17.8. The van der Waals surface area contributed by atoms with Gasteiger partial charge in [-0.2, -0.15) is 5.10 Å². The summed E-state index contributed by atoms with van der Waals surface area (Å²) in [4.78, 5) is 27.0. The highest BCUT2D eigenvalue weighted by Gasteiger charge is 2.26. The summed E-state index contributed by atoms with van der Waals surface area (Å²) in [7, 11) is 1.77. The minimum absolute atomic E-state index is 0.0390. The lowest BCUT2D eigenvalue weighted by Crippen LogP contribution is -2.29. The number of H-pyrrole nitrogens is 1. The molecule has 0 radical (unpaired) electrons. The van der Waals surface area contributed by atoms with E-state index in [-0.39, 0.29) is 17.8 Å². The largest absolute Gasteiger partial charge is 0.393 e. The molecule has 1 aliphatic rings. The molecule has 9 nitrogen and oxygen atoms in total. The Morgan fingerprint density at radius 1 is 1.10 bits per heavy atom. The van der Waals surface area contributed by atoms with Crippen LogP contribution in [0.1, 0.15) is 31.7 Å². The first-order chi connectivity index (χ1) is 15.1. The van der Waals surface area contributed by atoms with E-state index in [2.05, 4.69) is 20.2 Å². The van der Waals surface area contributed by atoms with Gasteiger partial charge in [-0.3, -0.25) is 19.2 Å². The summed E-state index contributed by atoms with van der Waals surface area (Å²) in [5.41, 5.74) is 5.33. The predicted octanol–water partition coefficient (Wildman–Crippen LogP) is 2.70. The lowest BCUT2D eigenvalue weighted by atomic mass is 9.93. The Morgan fingerprint density at radius 2 is 1.94 bits per heavy atom. The van der Waals surface area contributed by atoms with E-state index in [1.165, 1.54) is 0 Å². The lowest BCUT2D eigenvalue weighted by molar-refractivity contribution is 0.111. The molecule has 0 bridgehead atoms. The molecular weight excluding hydrogens is 394 g/mol. The van der Waals surface area contributed by atoms with Gasteiger partial charge in [0.2, 0.25) is 0 Å². The van der Waals surface area contributed by atoms with Gasteiger partial charge < -0.3 is 5.11 Å². The van der Waals surface area contributed by atoms with E-state index in [0.29, 0.717) is 24.0 Å². The number of hydrogen-bond donors (Lipinski definition) is 2. The topological polar surface area (TPSA) is 115 Å². The van der Waals surface area contributed by atoms with Crippen molar-refractivity contribution in [3.8, 4) is 11.3 Å². The number of aromatic amines is 1. The summed E-state index contributed by atoms with van der Waals surface area (Å²) in [6.45, 7) is 0. The van der Waals surface area contributed by atoms with Gasteiger partial charge >= 0.3 is 5.69 Å². The van der Waals surface area contributed by atoms with Crippen molar-refractivity contribution in [2.75, 3.05) is 0 Å². The average Bonchev–Trinajstić information content (AvgIpc) is 3.37. The highest BCUT2D eigenvalue weighted by molar-refractivity contribution is 6.01. The highest BCUT2D eigenvalue weighted by Crippen LogP contribution is 2.33. The van der Waals surface area contributed by atoms with Crippen molar-refractivity contribution in [1.29, 1.82) is 0 Å². The number of aliphatic hydroxyl groups is 1. The SMILES string of the molecule is Cn1c(=O)n(C2CCC(O)CC2)c2c3nc(-c4ccnc5[nH]ncc45)ccc3ncc21. The van der Waals surface area contributed by atoms with Crippen LogP contribution in [0.2, 0.25) is 0 Å². The van der Waals surface area contributed by atoms with Crippen molar-refractivity contribution >= 4 is 33.1 Å². The Kier molecular flexibility index (Phi) is 3.94. The van der Waals surface area contributed by atoms with E-state index in [9.17, 15) is 9.90 Å². The number of fused-ring (bicyclic) bond motifs is 4. The molecule has 5 aromatic heterocycles. The normalized spacial score (nSPS) is 19.5. The molecule has 0 amide bonds. The molecular formula is C22H21N7O2. The number of nitrogens with one attached hydrogen (secondary N) is 1. The molecule has 6 rings (SSSR count). The molecule has 31 heavy (non-hydrogen) atoms. The monoisotopic (exact) mass is 415 g/mol. The molecule has 0 atom stereocenters. The third-order valence-corrected chi connectivity index (χ3v) is 6.42. The third-order valence-electron chi connectivity index (χ3n) is 6.42. The van der Waals surface area contributed by atoms with E-state index < -0.39 is 0 Å².